The molecule has 0 spiro atoms. The van der Waals surface area contributed by atoms with Gasteiger partial charge in [-0.05, 0) is 6.42 Å². The van der Waals surface area contributed by atoms with Crippen LogP contribution >= 0.6 is 0 Å². The summed E-state index contributed by atoms with van der Waals surface area (Å²) in [7, 11) is 0. The first-order valence-corrected chi connectivity index (χ1v) is 7.17. The third kappa shape index (κ3) is 16.4. The first-order chi connectivity index (χ1) is 8.31. The standard InChI is InChI=1S/C14H29NO2.Na.H/c1-2-3-4-5-6-7-8-9-10-11-12-17-14(16)13-15;;/h2-13,15H2,1H3;;/q;+1;-1. The second kappa shape index (κ2) is 17.4. The van der Waals surface area contributed by atoms with Gasteiger partial charge >= 0.3 is 35.5 Å². The van der Waals surface area contributed by atoms with Crippen molar-refractivity contribution in [3.05, 3.63) is 0 Å². The minimum Gasteiger partial charge on any atom is -1.00 e. The molecule has 0 aliphatic carbocycles. The molecule has 18 heavy (non-hydrogen) atoms. The van der Waals surface area contributed by atoms with Gasteiger partial charge in [-0.15, -0.1) is 0 Å². The van der Waals surface area contributed by atoms with Crippen molar-refractivity contribution in [3.63, 3.8) is 0 Å². The number of hydrogen-bond donors (Lipinski definition) is 1. The molecule has 0 amide bonds. The van der Waals surface area contributed by atoms with Gasteiger partial charge in [0.1, 0.15) is 0 Å². The van der Waals surface area contributed by atoms with E-state index < -0.39 is 0 Å². The van der Waals surface area contributed by atoms with E-state index in [2.05, 4.69) is 6.92 Å². The van der Waals surface area contributed by atoms with Gasteiger partial charge in [0.15, 0.2) is 0 Å². The van der Waals surface area contributed by atoms with E-state index in [0.717, 1.165) is 12.8 Å². The van der Waals surface area contributed by atoms with Crippen LogP contribution in [-0.4, -0.2) is 19.1 Å². The van der Waals surface area contributed by atoms with Crippen LogP contribution < -0.4 is 35.3 Å². The zero-order chi connectivity index (χ0) is 12.8. The van der Waals surface area contributed by atoms with Gasteiger partial charge in [-0.3, -0.25) is 4.79 Å². The molecule has 0 aromatic rings. The van der Waals surface area contributed by atoms with E-state index in [1.165, 1.54) is 51.4 Å². The number of unbranched alkanes of at least 4 members (excludes halogenated alkanes) is 9. The topological polar surface area (TPSA) is 52.3 Å². The average Bonchev–Trinajstić information content (AvgIpc) is 2.35. The Morgan fingerprint density at radius 3 is 1.83 bits per heavy atom. The Balaban J connectivity index is -0.00000128. The van der Waals surface area contributed by atoms with Crippen LogP contribution in [0.3, 0.4) is 0 Å². The van der Waals surface area contributed by atoms with Crippen molar-refractivity contribution in [2.75, 3.05) is 13.2 Å². The molecule has 0 heterocycles. The van der Waals surface area contributed by atoms with Crippen molar-refractivity contribution < 1.29 is 40.5 Å². The number of carbonyl (C=O) groups excluding carboxylic acids is 1. The third-order valence-electron chi connectivity index (χ3n) is 2.93. The van der Waals surface area contributed by atoms with Crippen molar-refractivity contribution in [1.82, 2.24) is 0 Å². The van der Waals surface area contributed by atoms with Crippen molar-refractivity contribution in [3.8, 4) is 0 Å². The van der Waals surface area contributed by atoms with E-state index in [1.54, 1.807) is 0 Å². The van der Waals surface area contributed by atoms with Crippen LogP contribution in [0.15, 0.2) is 0 Å². The van der Waals surface area contributed by atoms with Crippen LogP contribution in [0.25, 0.3) is 0 Å². The SMILES string of the molecule is CCCCCCCCCCCCOC(=O)CN.[H-].[Na+]. The fourth-order valence-corrected chi connectivity index (χ4v) is 1.83. The molecule has 0 aliphatic heterocycles. The molecule has 0 aromatic heterocycles. The summed E-state index contributed by atoms with van der Waals surface area (Å²) in [5, 5.41) is 0. The summed E-state index contributed by atoms with van der Waals surface area (Å²) in [5.41, 5.74) is 5.13. The van der Waals surface area contributed by atoms with Gasteiger partial charge in [-0.1, -0.05) is 64.7 Å². The minimum absolute atomic E-state index is 0. The van der Waals surface area contributed by atoms with Crippen molar-refractivity contribution in [2.24, 2.45) is 5.73 Å². The summed E-state index contributed by atoms with van der Waals surface area (Å²) in [4.78, 5) is 10.7. The Labute approximate surface area is 136 Å². The molecule has 0 unspecified atom stereocenters. The first-order valence-electron chi connectivity index (χ1n) is 7.17. The van der Waals surface area contributed by atoms with E-state index in [0.29, 0.717) is 6.61 Å². The van der Waals surface area contributed by atoms with Crippen LogP contribution in [0.4, 0.5) is 0 Å². The van der Waals surface area contributed by atoms with Crippen molar-refractivity contribution in [1.29, 1.82) is 0 Å². The summed E-state index contributed by atoms with van der Waals surface area (Å²) < 4.78 is 4.90. The number of hydrogen-bond acceptors (Lipinski definition) is 3. The van der Waals surface area contributed by atoms with Crippen LogP contribution in [0.2, 0.25) is 0 Å². The van der Waals surface area contributed by atoms with Gasteiger partial charge < -0.3 is 11.9 Å². The second-order valence-corrected chi connectivity index (χ2v) is 4.61. The van der Waals surface area contributed by atoms with Crippen LogP contribution in [0, 0.1) is 0 Å². The maximum Gasteiger partial charge on any atom is 1.00 e. The predicted octanol–water partition coefficient (Wildman–Crippen LogP) is 0.526. The maximum absolute atomic E-state index is 10.7. The van der Waals surface area contributed by atoms with Gasteiger partial charge in [0.2, 0.25) is 0 Å². The van der Waals surface area contributed by atoms with Gasteiger partial charge in [0.05, 0.1) is 13.2 Å². The van der Waals surface area contributed by atoms with Crippen LogP contribution in [0.5, 0.6) is 0 Å². The molecule has 0 fully saturated rings. The number of nitrogens with two attached hydrogens (primary N) is 1. The molecule has 0 aromatic carbocycles. The van der Waals surface area contributed by atoms with Crippen LogP contribution in [-0.2, 0) is 9.53 Å². The van der Waals surface area contributed by atoms with Crippen molar-refractivity contribution >= 4 is 5.97 Å². The molecular weight excluding hydrogens is 237 g/mol. The Morgan fingerprint density at radius 2 is 1.39 bits per heavy atom. The quantitative estimate of drug-likeness (QED) is 0.319. The number of rotatable bonds is 12. The molecule has 0 radical (unpaired) electrons. The molecule has 0 aliphatic rings. The number of carbonyl (C=O) groups is 1. The maximum atomic E-state index is 10.7. The van der Waals surface area contributed by atoms with Gasteiger partial charge in [0, 0.05) is 0 Å². The molecule has 3 nitrogen and oxygen atoms in total. The van der Waals surface area contributed by atoms with Crippen molar-refractivity contribution in [2.45, 2.75) is 71.1 Å². The van der Waals surface area contributed by atoms with E-state index >= 15 is 0 Å². The monoisotopic (exact) mass is 267 g/mol. The summed E-state index contributed by atoms with van der Waals surface area (Å²) in [6, 6.07) is 0. The smallest absolute Gasteiger partial charge is 1.00 e. The van der Waals surface area contributed by atoms with E-state index in [4.69, 9.17) is 10.5 Å². The van der Waals surface area contributed by atoms with Gasteiger partial charge in [-0.25, -0.2) is 0 Å². The Bertz CT molecular complexity index is 183. The molecule has 0 bridgehead atoms. The first kappa shape index (κ1) is 20.7. The van der Waals surface area contributed by atoms with Gasteiger partial charge in [0.25, 0.3) is 0 Å². The average molecular weight is 267 g/mol. The van der Waals surface area contributed by atoms with E-state index in [9.17, 15) is 4.79 Å². The second-order valence-electron chi connectivity index (χ2n) is 4.61. The van der Waals surface area contributed by atoms with E-state index in [-0.39, 0.29) is 43.5 Å². The van der Waals surface area contributed by atoms with E-state index in [1.807, 2.05) is 0 Å². The third-order valence-corrected chi connectivity index (χ3v) is 2.93. The fraction of sp³-hybridized carbons (Fsp3) is 0.929. The summed E-state index contributed by atoms with van der Waals surface area (Å²) in [6.07, 6.45) is 12.9. The molecule has 0 saturated heterocycles. The summed E-state index contributed by atoms with van der Waals surface area (Å²) in [5.74, 6) is -0.291. The summed E-state index contributed by atoms with van der Waals surface area (Å²) in [6.45, 7) is 2.78. The van der Waals surface area contributed by atoms with Gasteiger partial charge in [-0.2, -0.15) is 0 Å². The molecule has 0 atom stereocenters. The molecular formula is C14H30NNaO2. The summed E-state index contributed by atoms with van der Waals surface area (Å²) >= 11 is 0. The molecule has 2 N–H and O–H groups in total. The zero-order valence-corrected chi connectivity index (χ0v) is 14.4. The molecule has 104 valence electrons. The molecule has 0 saturated carbocycles. The Hall–Kier alpha value is 0.430. The number of ether oxygens (including phenoxy) is 1. The molecule has 0 rings (SSSR count). The minimum atomic E-state index is -0.291. The largest absolute Gasteiger partial charge is 1.00 e. The zero-order valence-electron chi connectivity index (χ0n) is 13.4. The normalized spacial score (nSPS) is 9.89. The predicted molar refractivity (Wildman–Crippen MR) is 73.0 cm³/mol. The Kier molecular flexibility index (Phi) is 20.1. The Morgan fingerprint density at radius 1 is 0.944 bits per heavy atom. The fourth-order valence-electron chi connectivity index (χ4n) is 1.83. The van der Waals surface area contributed by atoms with Crippen LogP contribution in [0.1, 0.15) is 72.6 Å². The molecule has 4 heteroatoms. The number of esters is 1.